The van der Waals surface area contributed by atoms with Crippen LogP contribution in [-0.2, 0) is 10.0 Å². The highest BCUT2D eigenvalue weighted by molar-refractivity contribution is 7.89. The molecular weight excluding hydrogens is 262 g/mol. The Bertz CT molecular complexity index is 589. The molecule has 1 aliphatic rings. The molecule has 0 spiro atoms. The van der Waals surface area contributed by atoms with E-state index in [1.165, 1.54) is 22.6 Å². The molecule has 0 aromatic carbocycles. The zero-order valence-electron chi connectivity index (χ0n) is 11.1. The van der Waals surface area contributed by atoms with E-state index in [1.807, 2.05) is 6.07 Å². The predicted molar refractivity (Wildman–Crippen MR) is 70.7 cm³/mol. The fraction of sp³-hybridized carbons (Fsp3) is 0.538. The molecule has 1 aromatic heterocycles. The van der Waals surface area contributed by atoms with Gasteiger partial charge in [0, 0.05) is 19.3 Å². The van der Waals surface area contributed by atoms with Crippen molar-refractivity contribution in [3.05, 3.63) is 24.0 Å². The molecule has 0 amide bonds. The Morgan fingerprint density at radius 2 is 2.11 bits per heavy atom. The summed E-state index contributed by atoms with van der Waals surface area (Å²) in [6.45, 7) is 5.32. The predicted octanol–water partition coefficient (Wildman–Crippen LogP) is 1.62. The molecule has 0 bridgehead atoms. The summed E-state index contributed by atoms with van der Waals surface area (Å²) in [6.07, 6.45) is 2.14. The van der Waals surface area contributed by atoms with E-state index < -0.39 is 10.0 Å². The summed E-state index contributed by atoms with van der Waals surface area (Å²) in [5, 5.41) is 8.67. The topological polar surface area (TPSA) is 74.1 Å². The van der Waals surface area contributed by atoms with E-state index >= 15 is 0 Å². The Balaban J connectivity index is 2.25. The number of aromatic nitrogens is 1. The van der Waals surface area contributed by atoms with Gasteiger partial charge in [-0.15, -0.1) is 0 Å². The van der Waals surface area contributed by atoms with E-state index in [0.29, 0.717) is 24.9 Å². The molecule has 0 aliphatic carbocycles. The Kier molecular flexibility index (Phi) is 3.88. The smallest absolute Gasteiger partial charge is 0.244 e. The Morgan fingerprint density at radius 3 is 2.63 bits per heavy atom. The van der Waals surface area contributed by atoms with E-state index in [9.17, 15) is 8.42 Å². The lowest BCUT2D eigenvalue weighted by Crippen LogP contribution is -2.42. The molecule has 2 unspecified atom stereocenters. The van der Waals surface area contributed by atoms with Gasteiger partial charge in [0.15, 0.2) is 0 Å². The van der Waals surface area contributed by atoms with Crippen molar-refractivity contribution in [1.29, 1.82) is 5.26 Å². The summed E-state index contributed by atoms with van der Waals surface area (Å²) in [5.74, 6) is 0.903. The average Bonchev–Trinajstić information content (AvgIpc) is 2.41. The van der Waals surface area contributed by atoms with Crippen molar-refractivity contribution in [3.8, 4) is 6.07 Å². The number of pyridine rings is 1. The third-order valence-corrected chi connectivity index (χ3v) is 5.63. The van der Waals surface area contributed by atoms with Gasteiger partial charge in [0.05, 0.1) is 0 Å². The lowest BCUT2D eigenvalue weighted by molar-refractivity contribution is 0.212. The highest BCUT2D eigenvalue weighted by Gasteiger charge is 2.31. The number of nitriles is 1. The molecule has 2 heterocycles. The second-order valence-electron chi connectivity index (χ2n) is 5.10. The molecule has 0 radical (unpaired) electrons. The zero-order valence-corrected chi connectivity index (χ0v) is 11.9. The normalized spacial score (nSPS) is 24.9. The van der Waals surface area contributed by atoms with Gasteiger partial charge >= 0.3 is 0 Å². The number of hydrogen-bond acceptors (Lipinski definition) is 4. The molecule has 102 valence electrons. The Hall–Kier alpha value is -1.45. The van der Waals surface area contributed by atoms with E-state index in [1.54, 1.807) is 0 Å². The second-order valence-corrected chi connectivity index (χ2v) is 7.04. The van der Waals surface area contributed by atoms with E-state index in [-0.39, 0.29) is 10.6 Å². The van der Waals surface area contributed by atoms with Gasteiger partial charge < -0.3 is 0 Å². The summed E-state index contributed by atoms with van der Waals surface area (Å²) >= 11 is 0. The van der Waals surface area contributed by atoms with Crippen LogP contribution in [0.2, 0.25) is 0 Å². The molecule has 1 aromatic rings. The maximum atomic E-state index is 12.4. The van der Waals surface area contributed by atoms with Crippen LogP contribution in [0.15, 0.2) is 23.2 Å². The Labute approximate surface area is 113 Å². The first-order valence-electron chi connectivity index (χ1n) is 6.31. The minimum absolute atomic E-state index is 0.160. The van der Waals surface area contributed by atoms with Crippen molar-refractivity contribution >= 4 is 10.0 Å². The summed E-state index contributed by atoms with van der Waals surface area (Å²) in [4.78, 5) is 3.99. The van der Waals surface area contributed by atoms with Crippen molar-refractivity contribution < 1.29 is 8.42 Å². The molecule has 1 fully saturated rings. The Morgan fingerprint density at radius 1 is 1.37 bits per heavy atom. The molecular formula is C13H17N3O2S. The average molecular weight is 279 g/mol. The number of sulfonamides is 1. The van der Waals surface area contributed by atoms with Crippen LogP contribution in [0.4, 0.5) is 0 Å². The molecule has 1 aliphatic heterocycles. The lowest BCUT2D eigenvalue weighted by atomic mass is 9.90. The fourth-order valence-corrected chi connectivity index (χ4v) is 3.69. The van der Waals surface area contributed by atoms with Gasteiger partial charge in [-0.1, -0.05) is 13.8 Å². The van der Waals surface area contributed by atoms with Crippen molar-refractivity contribution in [2.45, 2.75) is 25.2 Å². The lowest BCUT2D eigenvalue weighted by Gasteiger charge is -2.34. The quantitative estimate of drug-likeness (QED) is 0.824. The highest BCUT2D eigenvalue weighted by Crippen LogP contribution is 2.26. The van der Waals surface area contributed by atoms with E-state index in [4.69, 9.17) is 5.26 Å². The van der Waals surface area contributed by atoms with Gasteiger partial charge in [-0.05, 0) is 30.4 Å². The number of rotatable bonds is 2. The molecule has 19 heavy (non-hydrogen) atoms. The molecule has 0 saturated carbocycles. The summed E-state index contributed by atoms with van der Waals surface area (Å²) in [5.41, 5.74) is 0.222. The van der Waals surface area contributed by atoms with Crippen molar-refractivity contribution in [2.75, 3.05) is 13.1 Å². The minimum Gasteiger partial charge on any atom is -0.244 e. The number of nitrogens with zero attached hydrogens (tertiary/aromatic N) is 3. The van der Waals surface area contributed by atoms with Gasteiger partial charge in [-0.3, -0.25) is 0 Å². The van der Waals surface area contributed by atoms with Gasteiger partial charge in [0.1, 0.15) is 16.7 Å². The first-order valence-corrected chi connectivity index (χ1v) is 7.75. The third-order valence-electron chi connectivity index (χ3n) is 3.79. The minimum atomic E-state index is -3.48. The van der Waals surface area contributed by atoms with Crippen LogP contribution in [0.5, 0.6) is 0 Å². The SMILES string of the molecule is CC1CCN(S(=O)(=O)c2ccc(C#N)nc2)CC1C. The largest absolute Gasteiger partial charge is 0.244 e. The van der Waals surface area contributed by atoms with Crippen molar-refractivity contribution in [3.63, 3.8) is 0 Å². The monoisotopic (exact) mass is 279 g/mol. The highest BCUT2D eigenvalue weighted by atomic mass is 32.2. The molecule has 2 rings (SSSR count). The number of hydrogen-bond donors (Lipinski definition) is 0. The summed E-state index contributed by atoms with van der Waals surface area (Å²) in [7, 11) is -3.48. The molecule has 5 nitrogen and oxygen atoms in total. The van der Waals surface area contributed by atoms with Gasteiger partial charge in [-0.25, -0.2) is 13.4 Å². The number of piperidine rings is 1. The van der Waals surface area contributed by atoms with E-state index in [2.05, 4.69) is 18.8 Å². The van der Waals surface area contributed by atoms with Crippen LogP contribution in [0.25, 0.3) is 0 Å². The molecule has 1 saturated heterocycles. The van der Waals surface area contributed by atoms with Crippen LogP contribution < -0.4 is 0 Å². The third kappa shape index (κ3) is 2.77. The first kappa shape index (κ1) is 14.0. The van der Waals surface area contributed by atoms with E-state index in [0.717, 1.165) is 6.42 Å². The standard InChI is InChI=1S/C13H17N3O2S/c1-10-5-6-16(9-11(10)2)19(17,18)13-4-3-12(7-14)15-8-13/h3-4,8,10-11H,5-6,9H2,1-2H3. The maximum absolute atomic E-state index is 12.4. The first-order chi connectivity index (χ1) is 8.95. The van der Waals surface area contributed by atoms with Gasteiger partial charge in [0.2, 0.25) is 10.0 Å². The molecule has 2 atom stereocenters. The van der Waals surface area contributed by atoms with Crippen LogP contribution >= 0.6 is 0 Å². The van der Waals surface area contributed by atoms with Crippen molar-refractivity contribution in [2.24, 2.45) is 11.8 Å². The van der Waals surface area contributed by atoms with Gasteiger partial charge in [0.25, 0.3) is 0 Å². The summed E-state index contributed by atoms with van der Waals surface area (Å²) in [6, 6.07) is 4.76. The van der Waals surface area contributed by atoms with Gasteiger partial charge in [-0.2, -0.15) is 9.57 Å². The van der Waals surface area contributed by atoms with Crippen molar-refractivity contribution in [1.82, 2.24) is 9.29 Å². The summed E-state index contributed by atoms with van der Waals surface area (Å²) < 4.78 is 26.4. The molecule has 0 N–H and O–H groups in total. The fourth-order valence-electron chi connectivity index (χ4n) is 2.19. The van der Waals surface area contributed by atoms with Crippen LogP contribution in [-0.4, -0.2) is 30.8 Å². The second kappa shape index (κ2) is 5.27. The van der Waals surface area contributed by atoms with Crippen LogP contribution in [0.3, 0.4) is 0 Å². The van der Waals surface area contributed by atoms with Crippen LogP contribution in [0.1, 0.15) is 26.0 Å². The zero-order chi connectivity index (χ0) is 14.0. The molecule has 6 heteroatoms. The van der Waals surface area contributed by atoms with Crippen LogP contribution in [0, 0.1) is 23.2 Å². The maximum Gasteiger partial charge on any atom is 0.244 e.